The number of aromatic hydroxyl groups is 1. The van der Waals surface area contributed by atoms with Gasteiger partial charge in [0.05, 0.1) is 20.3 Å². The van der Waals surface area contributed by atoms with Gasteiger partial charge in [0, 0.05) is 39.8 Å². The Hall–Kier alpha value is -2.16. The second-order valence-electron chi connectivity index (χ2n) is 7.25. The average Bonchev–Trinajstić information content (AvgIpc) is 2.77. The number of rotatable bonds is 18. The van der Waals surface area contributed by atoms with Gasteiger partial charge in [-0.05, 0) is 37.0 Å². The Kier molecular flexibility index (Phi) is 15.2. The van der Waals surface area contributed by atoms with Crippen LogP contribution in [0.2, 0.25) is 0 Å². The molecule has 0 fully saturated rings. The predicted molar refractivity (Wildman–Crippen MR) is 117 cm³/mol. The highest BCUT2D eigenvalue weighted by molar-refractivity contribution is 5.84. The van der Waals surface area contributed by atoms with Crippen LogP contribution in [-0.4, -0.2) is 70.3 Å². The van der Waals surface area contributed by atoms with Crippen molar-refractivity contribution in [3.63, 3.8) is 0 Å². The molecule has 31 heavy (non-hydrogen) atoms. The quantitative estimate of drug-likeness (QED) is 0.268. The van der Waals surface area contributed by atoms with Crippen molar-refractivity contribution in [2.24, 2.45) is 0 Å². The van der Waals surface area contributed by atoms with Gasteiger partial charge in [-0.3, -0.25) is 4.79 Å². The standard InChI is InChI=1S/C23H37NO7/c1-28-13-5-3-4-6-14-30-16-17-31-15-7-8-22(26)24-21(23(27)29-2)18-19-9-11-20(25)12-10-19/h9-12,21,25H,3-8,13-18H2,1-2H3,(H,24,26). The van der Waals surface area contributed by atoms with Gasteiger partial charge in [0.25, 0.3) is 0 Å². The summed E-state index contributed by atoms with van der Waals surface area (Å²) in [4.78, 5) is 24.1. The molecule has 0 saturated carbocycles. The van der Waals surface area contributed by atoms with Gasteiger partial charge in [0.2, 0.25) is 5.91 Å². The maximum atomic E-state index is 12.2. The number of unbranched alkanes of at least 4 members (excludes halogenated alkanes) is 3. The molecule has 0 aliphatic rings. The average molecular weight is 440 g/mol. The number of nitrogens with one attached hydrogen (secondary N) is 1. The Morgan fingerprint density at radius 3 is 2.10 bits per heavy atom. The number of hydrogen-bond donors (Lipinski definition) is 2. The van der Waals surface area contributed by atoms with Gasteiger partial charge >= 0.3 is 5.97 Å². The Morgan fingerprint density at radius 1 is 0.871 bits per heavy atom. The van der Waals surface area contributed by atoms with Crippen molar-refractivity contribution >= 4 is 11.9 Å². The van der Waals surface area contributed by atoms with E-state index in [9.17, 15) is 14.7 Å². The molecule has 176 valence electrons. The normalized spacial score (nSPS) is 11.8. The van der Waals surface area contributed by atoms with E-state index in [0.717, 1.165) is 44.5 Å². The fourth-order valence-electron chi connectivity index (χ4n) is 2.93. The van der Waals surface area contributed by atoms with Crippen LogP contribution < -0.4 is 5.32 Å². The van der Waals surface area contributed by atoms with E-state index in [-0.39, 0.29) is 18.1 Å². The van der Waals surface area contributed by atoms with Gasteiger partial charge in [-0.25, -0.2) is 4.79 Å². The lowest BCUT2D eigenvalue weighted by molar-refractivity contribution is -0.145. The van der Waals surface area contributed by atoms with Crippen LogP contribution in [0, 0.1) is 0 Å². The van der Waals surface area contributed by atoms with Crippen LogP contribution in [0.15, 0.2) is 24.3 Å². The molecule has 1 aromatic rings. The first-order valence-corrected chi connectivity index (χ1v) is 10.9. The van der Waals surface area contributed by atoms with E-state index in [2.05, 4.69) is 5.32 Å². The maximum Gasteiger partial charge on any atom is 0.328 e. The number of methoxy groups -OCH3 is 2. The van der Waals surface area contributed by atoms with Crippen LogP contribution in [0.4, 0.5) is 0 Å². The number of benzene rings is 1. The highest BCUT2D eigenvalue weighted by Crippen LogP contribution is 2.12. The van der Waals surface area contributed by atoms with E-state index in [1.54, 1.807) is 19.2 Å². The number of ether oxygens (including phenoxy) is 4. The van der Waals surface area contributed by atoms with E-state index in [1.807, 2.05) is 0 Å². The second-order valence-corrected chi connectivity index (χ2v) is 7.25. The number of esters is 1. The molecular weight excluding hydrogens is 402 g/mol. The number of carbonyl (C=O) groups excluding carboxylic acids is 2. The summed E-state index contributed by atoms with van der Waals surface area (Å²) in [6.45, 7) is 3.04. The molecule has 0 radical (unpaired) electrons. The third-order valence-corrected chi connectivity index (χ3v) is 4.65. The number of amides is 1. The van der Waals surface area contributed by atoms with Gasteiger partial charge < -0.3 is 29.4 Å². The predicted octanol–water partition coefficient (Wildman–Crippen LogP) is 2.61. The van der Waals surface area contributed by atoms with E-state index in [4.69, 9.17) is 18.9 Å². The smallest absolute Gasteiger partial charge is 0.328 e. The lowest BCUT2D eigenvalue weighted by atomic mass is 10.1. The van der Waals surface area contributed by atoms with Crippen molar-refractivity contribution in [1.29, 1.82) is 0 Å². The first-order chi connectivity index (χ1) is 15.1. The minimum absolute atomic E-state index is 0.144. The van der Waals surface area contributed by atoms with Crippen LogP contribution in [0.1, 0.15) is 44.1 Å². The van der Waals surface area contributed by atoms with Crippen molar-refractivity contribution in [1.82, 2.24) is 5.32 Å². The molecule has 0 bridgehead atoms. The van der Waals surface area contributed by atoms with Crippen LogP contribution in [0.3, 0.4) is 0 Å². The molecule has 1 amide bonds. The molecule has 0 aliphatic heterocycles. The van der Waals surface area contributed by atoms with E-state index < -0.39 is 12.0 Å². The highest BCUT2D eigenvalue weighted by atomic mass is 16.5. The van der Waals surface area contributed by atoms with Crippen LogP contribution >= 0.6 is 0 Å². The Labute approximate surface area is 185 Å². The van der Waals surface area contributed by atoms with Crippen molar-refractivity contribution in [2.45, 2.75) is 51.0 Å². The van der Waals surface area contributed by atoms with E-state index in [0.29, 0.717) is 32.7 Å². The molecule has 1 rings (SSSR count). The Balaban J connectivity index is 2.10. The largest absolute Gasteiger partial charge is 0.508 e. The van der Waals surface area contributed by atoms with Gasteiger partial charge in [-0.15, -0.1) is 0 Å². The Morgan fingerprint density at radius 2 is 1.48 bits per heavy atom. The van der Waals surface area contributed by atoms with Crippen LogP contribution in [0.5, 0.6) is 5.75 Å². The number of hydrogen-bond acceptors (Lipinski definition) is 7. The molecule has 0 saturated heterocycles. The number of carbonyl (C=O) groups is 2. The Bertz CT molecular complexity index is 606. The summed E-state index contributed by atoms with van der Waals surface area (Å²) in [5.74, 6) is -0.596. The molecule has 1 aromatic carbocycles. The van der Waals surface area contributed by atoms with Gasteiger partial charge in [-0.2, -0.15) is 0 Å². The van der Waals surface area contributed by atoms with Crippen LogP contribution in [-0.2, 0) is 35.0 Å². The number of phenols is 1. The van der Waals surface area contributed by atoms with Gasteiger partial charge in [0.15, 0.2) is 0 Å². The number of phenolic OH excluding ortho intramolecular Hbond substituents is 1. The van der Waals surface area contributed by atoms with Crippen molar-refractivity contribution in [3.05, 3.63) is 29.8 Å². The zero-order valence-electron chi connectivity index (χ0n) is 18.8. The minimum atomic E-state index is -0.772. The third kappa shape index (κ3) is 13.7. The molecule has 1 atom stereocenters. The third-order valence-electron chi connectivity index (χ3n) is 4.65. The SMILES string of the molecule is COCCCCCCOCCOCCCC(=O)NC(Cc1ccc(O)cc1)C(=O)OC. The first-order valence-electron chi connectivity index (χ1n) is 10.9. The zero-order chi connectivity index (χ0) is 22.7. The summed E-state index contributed by atoms with van der Waals surface area (Å²) in [5, 5.41) is 12.1. The fourth-order valence-corrected chi connectivity index (χ4v) is 2.93. The first kappa shape index (κ1) is 26.9. The van der Waals surface area contributed by atoms with Crippen LogP contribution in [0.25, 0.3) is 0 Å². The summed E-state index contributed by atoms with van der Waals surface area (Å²) in [5.41, 5.74) is 0.812. The summed E-state index contributed by atoms with van der Waals surface area (Å²) < 4.78 is 20.8. The summed E-state index contributed by atoms with van der Waals surface area (Å²) in [6, 6.07) is 5.71. The molecule has 8 nitrogen and oxygen atoms in total. The lowest BCUT2D eigenvalue weighted by Gasteiger charge is -2.16. The molecule has 0 aromatic heterocycles. The fraction of sp³-hybridized carbons (Fsp3) is 0.652. The zero-order valence-corrected chi connectivity index (χ0v) is 18.8. The molecule has 0 heterocycles. The summed E-state index contributed by atoms with van der Waals surface area (Å²) >= 11 is 0. The minimum Gasteiger partial charge on any atom is -0.508 e. The molecule has 8 heteroatoms. The maximum absolute atomic E-state index is 12.2. The molecular formula is C23H37NO7. The van der Waals surface area contributed by atoms with Crippen molar-refractivity contribution < 1.29 is 33.6 Å². The topological polar surface area (TPSA) is 103 Å². The van der Waals surface area contributed by atoms with Crippen molar-refractivity contribution in [2.75, 3.05) is 47.3 Å². The lowest BCUT2D eigenvalue weighted by Crippen LogP contribution is -2.43. The van der Waals surface area contributed by atoms with Gasteiger partial charge in [-0.1, -0.05) is 25.0 Å². The van der Waals surface area contributed by atoms with E-state index >= 15 is 0 Å². The van der Waals surface area contributed by atoms with E-state index in [1.165, 1.54) is 19.2 Å². The molecule has 2 N–H and O–H groups in total. The van der Waals surface area contributed by atoms with Crippen molar-refractivity contribution in [3.8, 4) is 5.75 Å². The second kappa shape index (κ2) is 17.5. The monoisotopic (exact) mass is 439 g/mol. The summed E-state index contributed by atoms with van der Waals surface area (Å²) in [7, 11) is 3.00. The molecule has 0 aliphatic carbocycles. The summed E-state index contributed by atoms with van der Waals surface area (Å²) in [6.07, 6.45) is 5.52. The highest BCUT2D eigenvalue weighted by Gasteiger charge is 2.21. The van der Waals surface area contributed by atoms with Gasteiger partial charge in [0.1, 0.15) is 11.8 Å². The molecule has 1 unspecified atom stereocenters. The molecule has 0 spiro atoms.